The minimum atomic E-state index is -1.05. The number of hydrogen-bond acceptors (Lipinski definition) is 3. The van der Waals surface area contributed by atoms with Crippen LogP contribution >= 0.6 is 0 Å². The third-order valence-corrected chi connectivity index (χ3v) is 1.47. The van der Waals surface area contributed by atoms with Gasteiger partial charge in [-0.2, -0.15) is 0 Å². The third-order valence-electron chi connectivity index (χ3n) is 1.47. The van der Waals surface area contributed by atoms with Crippen LogP contribution in [0.3, 0.4) is 0 Å². The first-order valence-corrected chi connectivity index (χ1v) is 3.71. The molecule has 1 rings (SSSR count). The monoisotopic (exact) mass is 421 g/mol. The number of carboxylic acid groups (broad SMARTS) is 1. The SMILES string of the molecule is CC(=O)Nc1ccccc1C(=O)O.[Hg].[Na+].[OH-]. The summed E-state index contributed by atoms with van der Waals surface area (Å²) < 4.78 is 0. The molecule has 0 aliphatic carbocycles. The Morgan fingerprint density at radius 2 is 1.75 bits per heavy atom. The van der Waals surface area contributed by atoms with Crippen LogP contribution in [0.25, 0.3) is 0 Å². The van der Waals surface area contributed by atoms with Gasteiger partial charge in [-0.3, -0.25) is 4.79 Å². The molecule has 0 bridgehead atoms. The molecule has 0 aromatic heterocycles. The maximum atomic E-state index is 10.7. The average Bonchev–Trinajstić information content (AvgIpc) is 2.03. The van der Waals surface area contributed by atoms with E-state index in [9.17, 15) is 9.59 Å². The summed E-state index contributed by atoms with van der Waals surface area (Å²) in [5.74, 6) is -1.34. The molecule has 0 heterocycles. The van der Waals surface area contributed by atoms with Crippen molar-refractivity contribution in [3.8, 4) is 0 Å². The van der Waals surface area contributed by atoms with E-state index >= 15 is 0 Å². The molecule has 0 atom stereocenters. The Balaban J connectivity index is -0.000000563. The Hall–Kier alpha value is 0.0551. The maximum Gasteiger partial charge on any atom is 1.00 e. The van der Waals surface area contributed by atoms with Crippen molar-refractivity contribution >= 4 is 17.6 Å². The molecule has 1 aromatic rings. The molecule has 0 fully saturated rings. The van der Waals surface area contributed by atoms with Gasteiger partial charge in [0, 0.05) is 34.6 Å². The van der Waals surface area contributed by atoms with Crippen LogP contribution in [0.4, 0.5) is 5.69 Å². The summed E-state index contributed by atoms with van der Waals surface area (Å²) >= 11 is 0. The Morgan fingerprint density at radius 1 is 1.25 bits per heavy atom. The second-order valence-electron chi connectivity index (χ2n) is 2.53. The number of anilines is 1. The summed E-state index contributed by atoms with van der Waals surface area (Å²) in [6, 6.07) is 6.25. The van der Waals surface area contributed by atoms with Gasteiger partial charge in [-0.25, -0.2) is 4.79 Å². The fraction of sp³-hybridized carbons (Fsp3) is 0.111. The molecule has 0 saturated carbocycles. The van der Waals surface area contributed by atoms with E-state index in [1.54, 1.807) is 18.2 Å². The van der Waals surface area contributed by atoms with Gasteiger partial charge in [-0.15, -0.1) is 0 Å². The predicted octanol–water partition coefficient (Wildman–Crippen LogP) is -1.83. The summed E-state index contributed by atoms with van der Waals surface area (Å²) in [4.78, 5) is 21.3. The van der Waals surface area contributed by atoms with E-state index in [0.29, 0.717) is 5.69 Å². The normalized spacial score (nSPS) is 7.56. The predicted molar refractivity (Wildman–Crippen MR) is 49.6 cm³/mol. The molecule has 5 nitrogen and oxygen atoms in total. The van der Waals surface area contributed by atoms with Gasteiger partial charge in [0.05, 0.1) is 11.3 Å². The van der Waals surface area contributed by atoms with Crippen LogP contribution in [0.1, 0.15) is 17.3 Å². The molecule has 1 amide bonds. The number of aromatic carboxylic acids is 1. The largest absolute Gasteiger partial charge is 1.00 e. The van der Waals surface area contributed by atoms with Crippen molar-refractivity contribution in [3.05, 3.63) is 29.8 Å². The average molecular weight is 420 g/mol. The van der Waals surface area contributed by atoms with Gasteiger partial charge in [-0.1, -0.05) is 12.1 Å². The molecular formula is C9H10HgNNaO4. The zero-order valence-electron chi connectivity index (χ0n) is 9.23. The van der Waals surface area contributed by atoms with Crippen LogP contribution in [0.15, 0.2) is 24.3 Å². The van der Waals surface area contributed by atoms with Crippen molar-refractivity contribution in [2.24, 2.45) is 0 Å². The molecule has 0 radical (unpaired) electrons. The summed E-state index contributed by atoms with van der Waals surface area (Å²) in [6.07, 6.45) is 0. The standard InChI is InChI=1S/C9H9NO3.Hg.Na.H2O/c1-6(11)10-8-5-3-2-4-7(8)9(12)13;;;/h2-5H,1H3,(H,10,11)(H,12,13);;;1H2/q;;+1;/p-1. The first-order chi connectivity index (χ1) is 6.11. The van der Waals surface area contributed by atoms with Crippen molar-refractivity contribution < 1.29 is 77.4 Å². The molecule has 7 heteroatoms. The van der Waals surface area contributed by atoms with Gasteiger partial charge in [0.1, 0.15) is 0 Å². The first-order valence-electron chi connectivity index (χ1n) is 3.71. The van der Waals surface area contributed by atoms with Gasteiger partial charge in [0.25, 0.3) is 0 Å². The molecule has 16 heavy (non-hydrogen) atoms. The molecule has 3 N–H and O–H groups in total. The van der Waals surface area contributed by atoms with Crippen LogP contribution in [0.5, 0.6) is 0 Å². The molecule has 0 unspecified atom stereocenters. The number of carbonyl (C=O) groups is 2. The molecule has 1 aromatic carbocycles. The van der Waals surface area contributed by atoms with Crippen molar-refractivity contribution in [1.82, 2.24) is 0 Å². The van der Waals surface area contributed by atoms with E-state index < -0.39 is 5.97 Å². The molecule has 0 saturated heterocycles. The fourth-order valence-corrected chi connectivity index (χ4v) is 0.968. The van der Waals surface area contributed by atoms with Crippen LogP contribution < -0.4 is 34.9 Å². The third kappa shape index (κ3) is 6.60. The Labute approximate surface area is 136 Å². The van der Waals surface area contributed by atoms with Crippen LogP contribution in [-0.4, -0.2) is 22.5 Å². The summed E-state index contributed by atoms with van der Waals surface area (Å²) in [5, 5.41) is 11.2. The number of para-hydroxylation sites is 1. The molecule has 78 valence electrons. The van der Waals surface area contributed by atoms with Crippen LogP contribution in [0, 0.1) is 0 Å². The molecular weight excluding hydrogens is 410 g/mol. The van der Waals surface area contributed by atoms with Crippen molar-refractivity contribution in [2.75, 3.05) is 5.32 Å². The van der Waals surface area contributed by atoms with Crippen molar-refractivity contribution in [1.29, 1.82) is 0 Å². The number of benzene rings is 1. The minimum absolute atomic E-state index is 0. The minimum Gasteiger partial charge on any atom is -0.870 e. The number of hydrogen-bond donors (Lipinski definition) is 2. The van der Waals surface area contributed by atoms with Crippen LogP contribution in [-0.2, 0) is 32.5 Å². The molecule has 0 aliphatic rings. The van der Waals surface area contributed by atoms with Gasteiger partial charge in [0.15, 0.2) is 0 Å². The topological polar surface area (TPSA) is 96.4 Å². The second kappa shape index (κ2) is 10.2. The second-order valence-corrected chi connectivity index (χ2v) is 2.53. The quantitative estimate of drug-likeness (QED) is 0.551. The number of nitrogens with one attached hydrogen (secondary N) is 1. The Bertz CT molecular complexity index is 359. The fourth-order valence-electron chi connectivity index (χ4n) is 0.968. The summed E-state index contributed by atoms with van der Waals surface area (Å²) in [6.45, 7) is 1.33. The smallest absolute Gasteiger partial charge is 0.870 e. The number of carbonyl (C=O) groups excluding carboxylic acids is 1. The van der Waals surface area contributed by atoms with E-state index in [-0.39, 0.29) is 74.2 Å². The number of carboxylic acids is 1. The van der Waals surface area contributed by atoms with E-state index in [1.807, 2.05) is 0 Å². The Morgan fingerprint density at radius 3 is 2.19 bits per heavy atom. The first kappa shape index (κ1) is 21.4. The van der Waals surface area contributed by atoms with Crippen molar-refractivity contribution in [3.63, 3.8) is 0 Å². The van der Waals surface area contributed by atoms with Gasteiger partial charge >= 0.3 is 35.5 Å². The summed E-state index contributed by atoms with van der Waals surface area (Å²) in [7, 11) is 0. The van der Waals surface area contributed by atoms with E-state index in [0.717, 1.165) is 0 Å². The number of rotatable bonds is 2. The van der Waals surface area contributed by atoms with E-state index in [1.165, 1.54) is 13.0 Å². The number of amides is 1. The summed E-state index contributed by atoms with van der Waals surface area (Å²) in [5.41, 5.74) is 0.417. The molecule has 0 spiro atoms. The molecule has 0 aliphatic heterocycles. The van der Waals surface area contributed by atoms with E-state index in [2.05, 4.69) is 5.32 Å². The maximum absolute atomic E-state index is 10.7. The van der Waals surface area contributed by atoms with Gasteiger partial charge < -0.3 is 15.9 Å². The van der Waals surface area contributed by atoms with E-state index in [4.69, 9.17) is 5.11 Å². The van der Waals surface area contributed by atoms with Crippen molar-refractivity contribution in [2.45, 2.75) is 6.92 Å². The van der Waals surface area contributed by atoms with Gasteiger partial charge in [-0.05, 0) is 12.1 Å². The van der Waals surface area contributed by atoms with Crippen LogP contribution in [0.2, 0.25) is 0 Å². The van der Waals surface area contributed by atoms with Gasteiger partial charge in [0.2, 0.25) is 5.91 Å². The zero-order valence-corrected chi connectivity index (χ0v) is 16.7. The zero-order chi connectivity index (χ0) is 9.84. The Kier molecular flexibility index (Phi) is 13.6.